The van der Waals surface area contributed by atoms with Crippen LogP contribution < -0.4 is 5.73 Å². The highest BCUT2D eigenvalue weighted by molar-refractivity contribution is 5.71. The Bertz CT molecular complexity index is 160. The molecule has 12 heavy (non-hydrogen) atoms. The molecule has 0 aliphatic heterocycles. The minimum atomic E-state index is -0.327. The molecule has 0 saturated heterocycles. The Morgan fingerprint density at radius 3 is 2.67 bits per heavy atom. The Kier molecular flexibility index (Phi) is 6.38. The quantitative estimate of drug-likeness (QED) is 0.384. The van der Waals surface area contributed by atoms with Crippen molar-refractivity contribution in [2.45, 2.75) is 26.7 Å². The first-order valence-corrected chi connectivity index (χ1v) is 4.16. The van der Waals surface area contributed by atoms with Gasteiger partial charge in [0, 0.05) is 0 Å². The van der Waals surface area contributed by atoms with Crippen LogP contribution in [-0.2, 0) is 9.53 Å². The summed E-state index contributed by atoms with van der Waals surface area (Å²) in [5.74, 6) is -0.327. The fourth-order valence-electron chi connectivity index (χ4n) is 0.719. The first-order valence-electron chi connectivity index (χ1n) is 4.16. The average molecular weight is 171 g/mol. The van der Waals surface area contributed by atoms with E-state index in [0.717, 1.165) is 12.8 Å². The maximum Gasteiger partial charge on any atom is 0.319 e. The van der Waals surface area contributed by atoms with E-state index in [4.69, 9.17) is 10.5 Å². The minimum Gasteiger partial charge on any atom is -0.465 e. The molecule has 70 valence electrons. The van der Waals surface area contributed by atoms with Gasteiger partial charge < -0.3 is 10.5 Å². The molecule has 0 spiro atoms. The number of hydrogen-bond donors (Lipinski definition) is 1. The highest BCUT2D eigenvalue weighted by atomic mass is 16.5. The summed E-state index contributed by atoms with van der Waals surface area (Å²) in [4.78, 5) is 10.5. The van der Waals surface area contributed by atoms with Crippen molar-refractivity contribution in [1.82, 2.24) is 0 Å². The van der Waals surface area contributed by atoms with Crippen molar-refractivity contribution < 1.29 is 9.53 Å². The number of unbranched alkanes of at least 4 members (excludes halogenated alkanes) is 1. The van der Waals surface area contributed by atoms with Crippen molar-refractivity contribution in [3.63, 3.8) is 0 Å². The maximum atomic E-state index is 10.5. The molecule has 0 rings (SSSR count). The fourth-order valence-corrected chi connectivity index (χ4v) is 0.719. The molecule has 0 aromatic carbocycles. The maximum absolute atomic E-state index is 10.5. The number of rotatable bonds is 5. The van der Waals surface area contributed by atoms with Crippen molar-refractivity contribution in [2.75, 3.05) is 13.2 Å². The van der Waals surface area contributed by atoms with Gasteiger partial charge in [0.1, 0.15) is 0 Å². The highest BCUT2D eigenvalue weighted by Gasteiger charge is 1.95. The summed E-state index contributed by atoms with van der Waals surface area (Å²) < 4.78 is 4.78. The summed E-state index contributed by atoms with van der Waals surface area (Å²) in [6, 6.07) is 0. The summed E-state index contributed by atoms with van der Waals surface area (Å²) in [6.45, 7) is 4.54. The predicted molar refractivity (Wildman–Crippen MR) is 48.7 cm³/mol. The van der Waals surface area contributed by atoms with Crippen molar-refractivity contribution in [2.24, 2.45) is 5.73 Å². The van der Waals surface area contributed by atoms with Crippen LogP contribution in [0.25, 0.3) is 0 Å². The Hall–Kier alpha value is -0.830. The monoisotopic (exact) mass is 171 g/mol. The first kappa shape index (κ1) is 11.2. The minimum absolute atomic E-state index is 0.0252. The molecule has 0 aliphatic rings. The number of carbonyl (C=O) groups excluding carboxylic acids is 1. The van der Waals surface area contributed by atoms with E-state index in [1.54, 1.807) is 0 Å². The van der Waals surface area contributed by atoms with Gasteiger partial charge in [-0.15, -0.1) is 0 Å². The van der Waals surface area contributed by atoms with Crippen LogP contribution in [0.1, 0.15) is 26.7 Å². The summed E-state index contributed by atoms with van der Waals surface area (Å²) in [5.41, 5.74) is 6.34. The Labute approximate surface area is 73.6 Å². The lowest BCUT2D eigenvalue weighted by Gasteiger charge is -2.00. The Morgan fingerprint density at radius 1 is 1.50 bits per heavy atom. The molecule has 0 aromatic rings. The van der Waals surface area contributed by atoms with Crippen LogP contribution in [0.2, 0.25) is 0 Å². The van der Waals surface area contributed by atoms with Crippen molar-refractivity contribution in [3.8, 4) is 0 Å². The van der Waals surface area contributed by atoms with E-state index in [1.165, 1.54) is 5.57 Å². The number of carbonyl (C=O) groups is 1. The zero-order chi connectivity index (χ0) is 9.40. The lowest BCUT2D eigenvalue weighted by molar-refractivity contribution is -0.141. The van der Waals surface area contributed by atoms with Crippen LogP contribution in [0.5, 0.6) is 0 Å². The SMILES string of the molecule is CC(C)=CCCCOC(=O)CN. The third kappa shape index (κ3) is 7.28. The average Bonchev–Trinajstić information content (AvgIpc) is 2.03. The van der Waals surface area contributed by atoms with Gasteiger partial charge in [-0.25, -0.2) is 0 Å². The molecule has 0 fully saturated rings. The molecule has 0 unspecified atom stereocenters. The number of nitrogens with two attached hydrogens (primary N) is 1. The third-order valence-electron chi connectivity index (χ3n) is 1.33. The lowest BCUT2D eigenvalue weighted by atomic mass is 10.2. The highest BCUT2D eigenvalue weighted by Crippen LogP contribution is 1.97. The van der Waals surface area contributed by atoms with E-state index in [-0.39, 0.29) is 12.5 Å². The molecule has 3 nitrogen and oxygen atoms in total. The van der Waals surface area contributed by atoms with Crippen LogP contribution in [0.4, 0.5) is 0 Å². The van der Waals surface area contributed by atoms with Crippen LogP contribution in [0, 0.1) is 0 Å². The number of hydrogen-bond acceptors (Lipinski definition) is 3. The van der Waals surface area contributed by atoms with E-state index in [2.05, 4.69) is 6.08 Å². The van der Waals surface area contributed by atoms with Crippen molar-refractivity contribution in [1.29, 1.82) is 0 Å². The molecular weight excluding hydrogens is 154 g/mol. The number of esters is 1. The van der Waals surface area contributed by atoms with E-state index in [1.807, 2.05) is 13.8 Å². The zero-order valence-electron chi connectivity index (χ0n) is 7.80. The molecule has 2 N–H and O–H groups in total. The zero-order valence-corrected chi connectivity index (χ0v) is 7.80. The topological polar surface area (TPSA) is 52.3 Å². The largest absolute Gasteiger partial charge is 0.465 e. The lowest BCUT2D eigenvalue weighted by Crippen LogP contribution is -2.17. The second-order valence-corrected chi connectivity index (χ2v) is 2.85. The Morgan fingerprint density at radius 2 is 2.17 bits per heavy atom. The summed E-state index contributed by atoms with van der Waals surface area (Å²) in [7, 11) is 0. The molecule has 0 radical (unpaired) electrons. The third-order valence-corrected chi connectivity index (χ3v) is 1.33. The van der Waals surface area contributed by atoms with Crippen LogP contribution in [0.3, 0.4) is 0 Å². The molecule has 0 saturated carbocycles. The van der Waals surface area contributed by atoms with Gasteiger partial charge >= 0.3 is 5.97 Å². The Balaban J connectivity index is 3.22. The molecular formula is C9H17NO2. The predicted octanol–water partition coefficient (Wildman–Crippen LogP) is 1.23. The number of ether oxygens (including phenoxy) is 1. The van der Waals surface area contributed by atoms with E-state index >= 15 is 0 Å². The van der Waals surface area contributed by atoms with Crippen LogP contribution in [-0.4, -0.2) is 19.1 Å². The molecule has 3 heteroatoms. The second-order valence-electron chi connectivity index (χ2n) is 2.85. The van der Waals surface area contributed by atoms with Crippen molar-refractivity contribution >= 4 is 5.97 Å². The van der Waals surface area contributed by atoms with E-state index < -0.39 is 0 Å². The van der Waals surface area contributed by atoms with Gasteiger partial charge in [0.05, 0.1) is 13.2 Å². The molecule has 0 bridgehead atoms. The molecule has 0 aromatic heterocycles. The molecule has 0 aliphatic carbocycles. The molecule has 0 atom stereocenters. The van der Waals surface area contributed by atoms with Crippen LogP contribution >= 0.6 is 0 Å². The standard InChI is InChI=1S/C9H17NO2/c1-8(2)5-3-4-6-12-9(11)7-10/h5H,3-4,6-7,10H2,1-2H3. The normalized spacial score (nSPS) is 9.25. The van der Waals surface area contributed by atoms with Gasteiger partial charge in [0.2, 0.25) is 0 Å². The van der Waals surface area contributed by atoms with Gasteiger partial charge in [-0.1, -0.05) is 11.6 Å². The first-order chi connectivity index (χ1) is 5.66. The van der Waals surface area contributed by atoms with Gasteiger partial charge in [0.25, 0.3) is 0 Å². The smallest absolute Gasteiger partial charge is 0.319 e. The molecule has 0 amide bonds. The summed E-state index contributed by atoms with van der Waals surface area (Å²) in [5, 5.41) is 0. The summed E-state index contributed by atoms with van der Waals surface area (Å²) >= 11 is 0. The van der Waals surface area contributed by atoms with Gasteiger partial charge in [-0.3, -0.25) is 4.79 Å². The number of allylic oxidation sites excluding steroid dienone is 2. The van der Waals surface area contributed by atoms with Gasteiger partial charge in [-0.05, 0) is 26.7 Å². The van der Waals surface area contributed by atoms with E-state index in [9.17, 15) is 4.79 Å². The van der Waals surface area contributed by atoms with Gasteiger partial charge in [-0.2, -0.15) is 0 Å². The second kappa shape index (κ2) is 6.85. The van der Waals surface area contributed by atoms with Gasteiger partial charge in [0.15, 0.2) is 0 Å². The fraction of sp³-hybridized carbons (Fsp3) is 0.667. The van der Waals surface area contributed by atoms with Crippen LogP contribution in [0.15, 0.2) is 11.6 Å². The summed E-state index contributed by atoms with van der Waals surface area (Å²) in [6.07, 6.45) is 3.95. The van der Waals surface area contributed by atoms with E-state index in [0.29, 0.717) is 6.61 Å². The molecule has 0 heterocycles. The van der Waals surface area contributed by atoms with Crippen molar-refractivity contribution in [3.05, 3.63) is 11.6 Å².